The number of carbonyl (C=O) groups excluding carboxylic acids is 1. The Morgan fingerprint density at radius 2 is 2.09 bits per heavy atom. The predicted molar refractivity (Wildman–Crippen MR) is 90.7 cm³/mol. The largest absolute Gasteiger partial charge is 0.464 e. The standard InChI is InChI=1S/C17H22N2O2.ClH/c1-11-6-15-14(10-21-16(15)7-12(11)2)8-17(20)19-5-4-18-13(3)9-19;/h6-7,10,13,18H,4-5,8-9H2,1-3H3;1H. The van der Waals surface area contributed by atoms with Crippen molar-refractivity contribution < 1.29 is 9.21 Å². The van der Waals surface area contributed by atoms with E-state index in [1.54, 1.807) is 6.26 Å². The maximum atomic E-state index is 12.5. The van der Waals surface area contributed by atoms with E-state index in [0.29, 0.717) is 12.5 Å². The van der Waals surface area contributed by atoms with Crippen LogP contribution in [0.4, 0.5) is 0 Å². The van der Waals surface area contributed by atoms with Crippen molar-refractivity contribution in [2.24, 2.45) is 0 Å². The van der Waals surface area contributed by atoms with Crippen molar-refractivity contribution >= 4 is 29.3 Å². The number of hydrogen-bond donors (Lipinski definition) is 1. The van der Waals surface area contributed by atoms with E-state index in [1.165, 1.54) is 11.1 Å². The monoisotopic (exact) mass is 322 g/mol. The van der Waals surface area contributed by atoms with Crippen molar-refractivity contribution in [3.8, 4) is 0 Å². The first-order chi connectivity index (χ1) is 10.0. The quantitative estimate of drug-likeness (QED) is 0.924. The summed E-state index contributed by atoms with van der Waals surface area (Å²) in [7, 11) is 0. The van der Waals surface area contributed by atoms with Gasteiger partial charge in [0.15, 0.2) is 0 Å². The molecule has 1 aliphatic rings. The number of furan rings is 1. The highest BCUT2D eigenvalue weighted by atomic mass is 35.5. The molecule has 0 aliphatic carbocycles. The van der Waals surface area contributed by atoms with Gasteiger partial charge in [-0.1, -0.05) is 0 Å². The molecule has 1 fully saturated rings. The number of rotatable bonds is 2. The summed E-state index contributed by atoms with van der Waals surface area (Å²) in [6.45, 7) is 8.72. The second-order valence-corrected chi connectivity index (χ2v) is 6.07. The lowest BCUT2D eigenvalue weighted by Gasteiger charge is -2.31. The molecular weight excluding hydrogens is 300 g/mol. The van der Waals surface area contributed by atoms with Gasteiger partial charge in [0.25, 0.3) is 0 Å². The number of nitrogens with zero attached hydrogens (tertiary/aromatic N) is 1. The van der Waals surface area contributed by atoms with E-state index in [4.69, 9.17) is 4.42 Å². The number of carbonyl (C=O) groups is 1. The summed E-state index contributed by atoms with van der Waals surface area (Å²) in [5, 5.41) is 4.42. The molecule has 1 N–H and O–H groups in total. The molecule has 1 atom stereocenters. The molecule has 4 nitrogen and oxygen atoms in total. The van der Waals surface area contributed by atoms with Crippen LogP contribution in [0.25, 0.3) is 11.0 Å². The maximum Gasteiger partial charge on any atom is 0.227 e. The van der Waals surface area contributed by atoms with Crippen LogP contribution in [-0.2, 0) is 11.2 Å². The van der Waals surface area contributed by atoms with Crippen LogP contribution in [0.5, 0.6) is 0 Å². The average molecular weight is 323 g/mol. The Bertz CT molecular complexity index is 681. The van der Waals surface area contributed by atoms with E-state index in [-0.39, 0.29) is 18.3 Å². The Hall–Kier alpha value is -1.52. The van der Waals surface area contributed by atoms with Crippen LogP contribution in [-0.4, -0.2) is 36.5 Å². The zero-order valence-electron chi connectivity index (χ0n) is 13.3. The summed E-state index contributed by atoms with van der Waals surface area (Å²) in [6.07, 6.45) is 2.15. The molecule has 0 spiro atoms. The summed E-state index contributed by atoms with van der Waals surface area (Å²) < 4.78 is 5.61. The molecular formula is C17H23ClN2O2. The number of benzene rings is 1. The normalized spacial score (nSPS) is 18.3. The first kappa shape index (κ1) is 16.8. The fourth-order valence-electron chi connectivity index (χ4n) is 2.91. The van der Waals surface area contributed by atoms with Crippen LogP contribution in [0.2, 0.25) is 0 Å². The first-order valence-corrected chi connectivity index (χ1v) is 7.53. The molecule has 120 valence electrons. The van der Waals surface area contributed by atoms with Crippen LogP contribution in [0.1, 0.15) is 23.6 Å². The minimum atomic E-state index is 0. The molecule has 1 aromatic carbocycles. The average Bonchev–Trinajstić information content (AvgIpc) is 2.82. The molecule has 1 aliphatic heterocycles. The zero-order valence-corrected chi connectivity index (χ0v) is 14.1. The fraction of sp³-hybridized carbons (Fsp3) is 0.471. The Balaban J connectivity index is 0.00000176. The molecule has 5 heteroatoms. The molecule has 1 amide bonds. The fourth-order valence-corrected chi connectivity index (χ4v) is 2.91. The summed E-state index contributed by atoms with van der Waals surface area (Å²) in [4.78, 5) is 14.4. The third-order valence-corrected chi connectivity index (χ3v) is 4.33. The van der Waals surface area contributed by atoms with Gasteiger partial charge in [-0.15, -0.1) is 12.4 Å². The van der Waals surface area contributed by atoms with Crippen LogP contribution in [0.3, 0.4) is 0 Å². The molecule has 1 saturated heterocycles. The van der Waals surface area contributed by atoms with Gasteiger partial charge in [0, 0.05) is 36.6 Å². The number of aryl methyl sites for hydroxylation is 2. The van der Waals surface area contributed by atoms with Gasteiger partial charge in [-0.3, -0.25) is 4.79 Å². The lowest BCUT2D eigenvalue weighted by molar-refractivity contribution is -0.131. The summed E-state index contributed by atoms with van der Waals surface area (Å²) >= 11 is 0. The minimum Gasteiger partial charge on any atom is -0.464 e. The van der Waals surface area contributed by atoms with Gasteiger partial charge in [0.05, 0.1) is 12.7 Å². The van der Waals surface area contributed by atoms with Gasteiger partial charge in [-0.25, -0.2) is 0 Å². The van der Waals surface area contributed by atoms with E-state index in [1.807, 2.05) is 11.0 Å². The van der Waals surface area contributed by atoms with E-state index in [2.05, 4.69) is 32.2 Å². The second kappa shape index (κ2) is 6.71. The number of hydrogen-bond acceptors (Lipinski definition) is 3. The van der Waals surface area contributed by atoms with Gasteiger partial charge in [0.2, 0.25) is 5.91 Å². The topological polar surface area (TPSA) is 45.5 Å². The van der Waals surface area contributed by atoms with Gasteiger partial charge >= 0.3 is 0 Å². The number of nitrogens with one attached hydrogen (secondary N) is 1. The van der Waals surface area contributed by atoms with E-state index in [9.17, 15) is 4.79 Å². The van der Waals surface area contributed by atoms with Crippen LogP contribution >= 0.6 is 12.4 Å². The molecule has 1 unspecified atom stereocenters. The molecule has 0 radical (unpaired) electrons. The zero-order chi connectivity index (χ0) is 15.0. The van der Waals surface area contributed by atoms with Gasteiger partial charge in [-0.05, 0) is 44.0 Å². The first-order valence-electron chi connectivity index (χ1n) is 7.53. The smallest absolute Gasteiger partial charge is 0.227 e. The summed E-state index contributed by atoms with van der Waals surface area (Å²) in [5.41, 5.74) is 4.30. The number of amides is 1. The Morgan fingerprint density at radius 3 is 2.82 bits per heavy atom. The van der Waals surface area contributed by atoms with E-state index < -0.39 is 0 Å². The van der Waals surface area contributed by atoms with Crippen LogP contribution in [0.15, 0.2) is 22.8 Å². The highest BCUT2D eigenvalue weighted by Gasteiger charge is 2.21. The second-order valence-electron chi connectivity index (χ2n) is 6.07. The molecule has 1 aromatic heterocycles. The van der Waals surface area contributed by atoms with E-state index >= 15 is 0 Å². The maximum absolute atomic E-state index is 12.5. The van der Waals surface area contributed by atoms with Gasteiger partial charge in [-0.2, -0.15) is 0 Å². The highest BCUT2D eigenvalue weighted by molar-refractivity contribution is 5.88. The number of fused-ring (bicyclic) bond motifs is 1. The van der Waals surface area contributed by atoms with E-state index in [0.717, 1.165) is 36.2 Å². The molecule has 0 bridgehead atoms. The lowest BCUT2D eigenvalue weighted by atomic mass is 10.0. The molecule has 22 heavy (non-hydrogen) atoms. The highest BCUT2D eigenvalue weighted by Crippen LogP contribution is 2.25. The number of halogens is 1. The third-order valence-electron chi connectivity index (χ3n) is 4.33. The Labute approximate surface area is 137 Å². The molecule has 3 rings (SSSR count). The summed E-state index contributed by atoms with van der Waals surface area (Å²) in [6, 6.07) is 4.54. The summed E-state index contributed by atoms with van der Waals surface area (Å²) in [5.74, 6) is 0.185. The van der Waals surface area contributed by atoms with Gasteiger partial charge < -0.3 is 14.6 Å². The third kappa shape index (κ3) is 3.28. The Morgan fingerprint density at radius 1 is 1.36 bits per heavy atom. The van der Waals surface area contributed by atoms with Crippen molar-refractivity contribution in [1.29, 1.82) is 0 Å². The van der Waals surface area contributed by atoms with Crippen molar-refractivity contribution in [3.63, 3.8) is 0 Å². The van der Waals surface area contributed by atoms with Crippen molar-refractivity contribution in [1.82, 2.24) is 10.2 Å². The SMILES string of the molecule is Cc1cc2occ(CC(=O)N3CCNC(C)C3)c2cc1C.Cl. The van der Waals surface area contributed by atoms with Crippen molar-refractivity contribution in [2.45, 2.75) is 33.2 Å². The molecule has 0 saturated carbocycles. The van der Waals surface area contributed by atoms with Crippen molar-refractivity contribution in [2.75, 3.05) is 19.6 Å². The van der Waals surface area contributed by atoms with Crippen LogP contribution in [0, 0.1) is 13.8 Å². The van der Waals surface area contributed by atoms with Gasteiger partial charge in [0.1, 0.15) is 5.58 Å². The van der Waals surface area contributed by atoms with Crippen molar-refractivity contribution in [3.05, 3.63) is 35.1 Å². The number of piperazine rings is 1. The molecule has 2 aromatic rings. The minimum absolute atomic E-state index is 0. The lowest BCUT2D eigenvalue weighted by Crippen LogP contribution is -2.51. The van der Waals surface area contributed by atoms with Crippen LogP contribution < -0.4 is 5.32 Å². The molecule has 2 heterocycles. The predicted octanol–water partition coefficient (Wildman–Crippen LogP) is 2.83. The Kier molecular flexibility index (Phi) is 5.14.